The number of hydrogen-bond acceptors (Lipinski definition) is 3. The van der Waals surface area contributed by atoms with Crippen LogP contribution in [0.25, 0.3) is 0 Å². The molecule has 4 nitrogen and oxygen atoms in total. The van der Waals surface area contributed by atoms with Crippen molar-refractivity contribution in [2.75, 3.05) is 0 Å². The van der Waals surface area contributed by atoms with Gasteiger partial charge in [0.2, 0.25) is 5.78 Å². The Hall–Kier alpha value is -2.10. The highest BCUT2D eigenvalue weighted by molar-refractivity contribution is 5.97. The van der Waals surface area contributed by atoms with Crippen molar-refractivity contribution in [3.63, 3.8) is 0 Å². The van der Waals surface area contributed by atoms with Gasteiger partial charge in [-0.2, -0.15) is 0 Å². The van der Waals surface area contributed by atoms with Crippen molar-refractivity contribution in [2.24, 2.45) is 0 Å². The summed E-state index contributed by atoms with van der Waals surface area (Å²) in [5.74, 6) is 0.226. The predicted octanol–water partition coefficient (Wildman–Crippen LogP) is 2.10. The Bertz CT molecular complexity index is 474. The first-order chi connectivity index (χ1) is 7.68. The van der Waals surface area contributed by atoms with Crippen LogP contribution in [0.5, 0.6) is 5.75 Å². The second-order valence-electron chi connectivity index (χ2n) is 3.62. The molecule has 0 amide bonds. The molecule has 0 saturated heterocycles. The minimum atomic E-state index is -0.272. The van der Waals surface area contributed by atoms with Gasteiger partial charge in [0.05, 0.1) is 0 Å². The number of rotatable bonds is 3. The SMILES string of the molecule is CC(C(=O)c1ncc[nH]1)c1ccc(O)cc1. The number of nitrogens with one attached hydrogen (secondary N) is 1. The molecule has 1 atom stereocenters. The Morgan fingerprint density at radius 3 is 2.62 bits per heavy atom. The van der Waals surface area contributed by atoms with E-state index in [2.05, 4.69) is 9.97 Å². The number of ketones is 1. The third kappa shape index (κ3) is 1.95. The molecule has 2 aromatic rings. The Kier molecular flexibility index (Phi) is 2.72. The topological polar surface area (TPSA) is 66.0 Å². The zero-order valence-electron chi connectivity index (χ0n) is 8.84. The lowest BCUT2D eigenvalue weighted by molar-refractivity contribution is 0.0957. The molecule has 1 aromatic carbocycles. The van der Waals surface area contributed by atoms with E-state index in [1.54, 1.807) is 36.7 Å². The van der Waals surface area contributed by atoms with E-state index < -0.39 is 0 Å². The first kappa shape index (κ1) is 10.4. The molecule has 16 heavy (non-hydrogen) atoms. The van der Waals surface area contributed by atoms with Gasteiger partial charge in [0.25, 0.3) is 0 Å². The molecule has 0 radical (unpaired) electrons. The van der Waals surface area contributed by atoms with Gasteiger partial charge in [-0.05, 0) is 17.7 Å². The average molecular weight is 216 g/mol. The summed E-state index contributed by atoms with van der Waals surface area (Å²) >= 11 is 0. The molecule has 4 heteroatoms. The predicted molar refractivity (Wildman–Crippen MR) is 59.4 cm³/mol. The summed E-state index contributed by atoms with van der Waals surface area (Å²) in [7, 11) is 0. The Morgan fingerprint density at radius 1 is 1.38 bits per heavy atom. The third-order valence-electron chi connectivity index (χ3n) is 2.52. The van der Waals surface area contributed by atoms with E-state index in [1.807, 2.05) is 6.92 Å². The van der Waals surface area contributed by atoms with E-state index in [0.29, 0.717) is 5.82 Å². The number of phenolic OH excluding ortho intramolecular Hbond substituents is 1. The first-order valence-electron chi connectivity index (χ1n) is 5.01. The highest BCUT2D eigenvalue weighted by Gasteiger charge is 2.18. The van der Waals surface area contributed by atoms with Gasteiger partial charge in [-0.25, -0.2) is 4.98 Å². The van der Waals surface area contributed by atoms with Gasteiger partial charge < -0.3 is 10.1 Å². The number of Topliss-reactive ketones (excluding diaryl/α,β-unsaturated/α-hetero) is 1. The molecule has 1 aromatic heterocycles. The largest absolute Gasteiger partial charge is 0.508 e. The van der Waals surface area contributed by atoms with E-state index >= 15 is 0 Å². The third-order valence-corrected chi connectivity index (χ3v) is 2.52. The van der Waals surface area contributed by atoms with Gasteiger partial charge in [0, 0.05) is 18.3 Å². The van der Waals surface area contributed by atoms with E-state index in [4.69, 9.17) is 5.11 Å². The van der Waals surface area contributed by atoms with Crippen molar-refractivity contribution in [2.45, 2.75) is 12.8 Å². The van der Waals surface area contributed by atoms with Crippen molar-refractivity contribution in [1.29, 1.82) is 0 Å². The van der Waals surface area contributed by atoms with E-state index in [0.717, 1.165) is 5.56 Å². The fraction of sp³-hybridized carbons (Fsp3) is 0.167. The Labute approximate surface area is 93.0 Å². The highest BCUT2D eigenvalue weighted by atomic mass is 16.3. The Morgan fingerprint density at radius 2 is 2.06 bits per heavy atom. The molecule has 1 heterocycles. The normalized spacial score (nSPS) is 12.3. The molecule has 0 spiro atoms. The standard InChI is InChI=1S/C12H12N2O2/c1-8(9-2-4-10(15)5-3-9)11(16)12-13-6-7-14-12/h2-8,15H,1H3,(H,13,14). The number of aromatic hydroxyl groups is 1. The van der Waals surface area contributed by atoms with Crippen LogP contribution in [-0.2, 0) is 0 Å². The van der Waals surface area contributed by atoms with Crippen LogP contribution >= 0.6 is 0 Å². The van der Waals surface area contributed by atoms with E-state index in [1.165, 1.54) is 0 Å². The summed E-state index contributed by atoms with van der Waals surface area (Å²) in [5, 5.41) is 9.16. The van der Waals surface area contributed by atoms with Crippen LogP contribution in [0.4, 0.5) is 0 Å². The molecule has 2 rings (SSSR count). The van der Waals surface area contributed by atoms with Gasteiger partial charge >= 0.3 is 0 Å². The van der Waals surface area contributed by atoms with Crippen LogP contribution in [0.1, 0.15) is 29.0 Å². The summed E-state index contributed by atoms with van der Waals surface area (Å²) < 4.78 is 0. The maximum absolute atomic E-state index is 11.9. The number of nitrogens with zero attached hydrogens (tertiary/aromatic N) is 1. The van der Waals surface area contributed by atoms with Crippen molar-refractivity contribution in [3.05, 3.63) is 48.0 Å². The molecule has 0 aliphatic rings. The van der Waals surface area contributed by atoms with Gasteiger partial charge in [-0.15, -0.1) is 0 Å². The number of H-pyrrole nitrogens is 1. The molecule has 82 valence electrons. The molecule has 0 bridgehead atoms. The number of aromatic nitrogens is 2. The lowest BCUT2D eigenvalue weighted by Crippen LogP contribution is -2.11. The number of phenols is 1. The molecule has 1 unspecified atom stereocenters. The summed E-state index contributed by atoms with van der Waals surface area (Å²) in [6.07, 6.45) is 3.17. The second-order valence-corrected chi connectivity index (χ2v) is 3.62. The summed E-state index contributed by atoms with van der Waals surface area (Å²) in [6, 6.07) is 6.62. The molecule has 0 aliphatic heterocycles. The van der Waals surface area contributed by atoms with Crippen LogP contribution < -0.4 is 0 Å². The smallest absolute Gasteiger partial charge is 0.205 e. The summed E-state index contributed by atoms with van der Waals surface area (Å²) in [4.78, 5) is 18.6. The van der Waals surface area contributed by atoms with E-state index in [9.17, 15) is 4.79 Å². The minimum absolute atomic E-state index is 0.0595. The van der Waals surface area contributed by atoms with Crippen molar-refractivity contribution in [1.82, 2.24) is 9.97 Å². The lowest BCUT2D eigenvalue weighted by Gasteiger charge is -2.08. The monoisotopic (exact) mass is 216 g/mol. The van der Waals surface area contributed by atoms with Crippen molar-refractivity contribution < 1.29 is 9.90 Å². The second kappa shape index (κ2) is 4.18. The quantitative estimate of drug-likeness (QED) is 0.772. The zero-order valence-corrected chi connectivity index (χ0v) is 8.84. The number of carbonyl (C=O) groups is 1. The number of imidazole rings is 1. The molecule has 0 saturated carbocycles. The first-order valence-corrected chi connectivity index (χ1v) is 5.01. The van der Waals surface area contributed by atoms with E-state index in [-0.39, 0.29) is 17.5 Å². The fourth-order valence-corrected chi connectivity index (χ4v) is 1.52. The number of aromatic amines is 1. The van der Waals surface area contributed by atoms with Gasteiger partial charge in [-0.1, -0.05) is 19.1 Å². The number of hydrogen-bond donors (Lipinski definition) is 2. The zero-order chi connectivity index (χ0) is 11.5. The number of benzene rings is 1. The van der Waals surface area contributed by atoms with Crippen LogP contribution in [0.15, 0.2) is 36.7 Å². The maximum atomic E-state index is 11.9. The van der Waals surface area contributed by atoms with Crippen molar-refractivity contribution in [3.8, 4) is 5.75 Å². The molecule has 0 fully saturated rings. The van der Waals surface area contributed by atoms with Crippen LogP contribution in [0.2, 0.25) is 0 Å². The summed E-state index contributed by atoms with van der Waals surface area (Å²) in [5.41, 5.74) is 0.860. The average Bonchev–Trinajstić information content (AvgIpc) is 2.81. The Balaban J connectivity index is 2.22. The molecular weight excluding hydrogens is 204 g/mol. The van der Waals surface area contributed by atoms with Crippen molar-refractivity contribution >= 4 is 5.78 Å². The lowest BCUT2D eigenvalue weighted by atomic mass is 9.96. The van der Waals surface area contributed by atoms with Gasteiger partial charge in [-0.3, -0.25) is 4.79 Å². The molecule has 2 N–H and O–H groups in total. The summed E-state index contributed by atoms with van der Waals surface area (Å²) in [6.45, 7) is 1.82. The molecule has 0 aliphatic carbocycles. The number of carbonyl (C=O) groups excluding carboxylic acids is 1. The fourth-order valence-electron chi connectivity index (χ4n) is 1.52. The van der Waals surface area contributed by atoms with Crippen LogP contribution in [0.3, 0.4) is 0 Å². The highest BCUT2D eigenvalue weighted by Crippen LogP contribution is 2.21. The van der Waals surface area contributed by atoms with Crippen LogP contribution in [-0.4, -0.2) is 20.9 Å². The van der Waals surface area contributed by atoms with Gasteiger partial charge in [0.15, 0.2) is 5.82 Å². The van der Waals surface area contributed by atoms with Crippen LogP contribution in [0, 0.1) is 0 Å². The minimum Gasteiger partial charge on any atom is -0.508 e. The van der Waals surface area contributed by atoms with Gasteiger partial charge in [0.1, 0.15) is 5.75 Å². The molecular formula is C12H12N2O2. The maximum Gasteiger partial charge on any atom is 0.205 e.